The summed E-state index contributed by atoms with van der Waals surface area (Å²) >= 11 is 0. The number of nitrogens with two attached hydrogens (primary N) is 1. The molecule has 3 amide bonds. The summed E-state index contributed by atoms with van der Waals surface area (Å²) in [5.74, 6) is -0.426. The fourth-order valence-corrected chi connectivity index (χ4v) is 1.98. The highest BCUT2D eigenvalue weighted by Crippen LogP contribution is 2.21. The maximum absolute atomic E-state index is 11.5. The van der Waals surface area contributed by atoms with Gasteiger partial charge in [0.2, 0.25) is 5.91 Å². The monoisotopic (exact) mass is 229 g/mol. The smallest absolute Gasteiger partial charge is 0.318 e. The fourth-order valence-electron chi connectivity index (χ4n) is 1.98. The summed E-state index contributed by atoms with van der Waals surface area (Å²) < 4.78 is 0. The van der Waals surface area contributed by atoms with E-state index in [2.05, 4.69) is 0 Å². The van der Waals surface area contributed by atoms with Crippen LogP contribution in [-0.4, -0.2) is 46.7 Å². The van der Waals surface area contributed by atoms with Crippen LogP contribution in [0.1, 0.15) is 26.7 Å². The number of nitrogens with zero attached hydrogens (tertiary/aromatic N) is 1. The van der Waals surface area contributed by atoms with Crippen LogP contribution in [0, 0.1) is 0 Å². The van der Waals surface area contributed by atoms with Gasteiger partial charge in [-0.05, 0) is 33.2 Å². The number of hydrogen-bond donors (Lipinski definition) is 3. The Morgan fingerprint density at radius 2 is 2.19 bits per heavy atom. The second-order valence-electron chi connectivity index (χ2n) is 4.60. The Kier molecular flexibility index (Phi) is 3.88. The highest BCUT2D eigenvalue weighted by molar-refractivity contribution is 5.96. The zero-order chi connectivity index (χ0) is 12.3. The number of nitrogens with one attached hydrogen (secondary N) is 1. The van der Waals surface area contributed by atoms with Gasteiger partial charge in [-0.3, -0.25) is 15.0 Å². The maximum atomic E-state index is 11.5. The third-order valence-corrected chi connectivity index (χ3v) is 2.88. The molecule has 0 aromatic rings. The molecule has 0 aliphatic carbocycles. The van der Waals surface area contributed by atoms with Crippen molar-refractivity contribution in [3.05, 3.63) is 0 Å². The Labute approximate surface area is 94.8 Å². The van der Waals surface area contributed by atoms with Crippen molar-refractivity contribution in [3.63, 3.8) is 0 Å². The Hall–Kier alpha value is -1.14. The maximum Gasteiger partial charge on any atom is 0.318 e. The third-order valence-electron chi connectivity index (χ3n) is 2.88. The average Bonchev–Trinajstić information content (AvgIpc) is 2.13. The van der Waals surface area contributed by atoms with E-state index in [1.54, 1.807) is 13.8 Å². The molecule has 0 spiro atoms. The fraction of sp³-hybridized carbons (Fsp3) is 0.800. The van der Waals surface area contributed by atoms with Gasteiger partial charge >= 0.3 is 6.03 Å². The lowest BCUT2D eigenvalue weighted by Gasteiger charge is -2.39. The third kappa shape index (κ3) is 3.46. The second-order valence-corrected chi connectivity index (χ2v) is 4.60. The highest BCUT2D eigenvalue weighted by atomic mass is 16.3. The van der Waals surface area contributed by atoms with Crippen molar-refractivity contribution in [1.82, 2.24) is 10.2 Å². The molecule has 0 saturated carbocycles. The Morgan fingerprint density at radius 3 is 2.69 bits per heavy atom. The van der Waals surface area contributed by atoms with Crippen LogP contribution in [0.15, 0.2) is 0 Å². The first-order chi connectivity index (χ1) is 7.32. The number of rotatable bonds is 2. The quantitative estimate of drug-likeness (QED) is 0.590. The van der Waals surface area contributed by atoms with Gasteiger partial charge in [-0.1, -0.05) is 0 Å². The molecular formula is C10H19N3O3. The molecule has 0 radical (unpaired) electrons. The predicted molar refractivity (Wildman–Crippen MR) is 58.6 cm³/mol. The van der Waals surface area contributed by atoms with Crippen molar-refractivity contribution in [2.24, 2.45) is 5.73 Å². The number of β-amino-alcohol motifs (C(OH)–C–C–N with tert-alkyl or cyclic N) is 1. The zero-order valence-electron chi connectivity index (χ0n) is 9.69. The molecule has 16 heavy (non-hydrogen) atoms. The van der Waals surface area contributed by atoms with Crippen LogP contribution in [0.2, 0.25) is 0 Å². The molecule has 1 saturated heterocycles. The van der Waals surface area contributed by atoms with Gasteiger partial charge in [0.05, 0.1) is 11.6 Å². The minimum absolute atomic E-state index is 0.426. The lowest BCUT2D eigenvalue weighted by molar-refractivity contribution is -0.127. The summed E-state index contributed by atoms with van der Waals surface area (Å²) in [4.78, 5) is 23.9. The molecule has 6 nitrogen and oxygen atoms in total. The molecule has 1 fully saturated rings. The van der Waals surface area contributed by atoms with Crippen molar-refractivity contribution in [2.45, 2.75) is 38.3 Å². The molecule has 0 bridgehead atoms. The molecular weight excluding hydrogens is 210 g/mol. The van der Waals surface area contributed by atoms with E-state index in [1.165, 1.54) is 0 Å². The first kappa shape index (κ1) is 12.9. The molecule has 6 heteroatoms. The summed E-state index contributed by atoms with van der Waals surface area (Å²) in [5, 5.41) is 11.9. The molecule has 92 valence electrons. The van der Waals surface area contributed by atoms with E-state index in [0.717, 1.165) is 19.4 Å². The average molecular weight is 229 g/mol. The number of amides is 3. The van der Waals surface area contributed by atoms with E-state index in [4.69, 9.17) is 5.73 Å². The lowest BCUT2D eigenvalue weighted by Crippen LogP contribution is -2.55. The standard InChI is InChI=1S/C10H19N3O3/c1-7(8(14)12-9(11)15)13-5-3-4-10(2,16)6-13/h7,16H,3-6H2,1-2H3,(H3,11,12,14,15). The first-order valence-corrected chi connectivity index (χ1v) is 5.38. The van der Waals surface area contributed by atoms with E-state index in [9.17, 15) is 14.7 Å². The van der Waals surface area contributed by atoms with E-state index < -0.39 is 23.6 Å². The summed E-state index contributed by atoms with van der Waals surface area (Å²) in [6, 6.07) is -1.31. The van der Waals surface area contributed by atoms with Crippen molar-refractivity contribution in [3.8, 4) is 0 Å². The van der Waals surface area contributed by atoms with Crippen LogP contribution in [0.5, 0.6) is 0 Å². The van der Waals surface area contributed by atoms with Crippen LogP contribution in [0.3, 0.4) is 0 Å². The summed E-state index contributed by atoms with van der Waals surface area (Å²) in [6.45, 7) is 4.61. The molecule has 4 N–H and O–H groups in total. The van der Waals surface area contributed by atoms with Gasteiger partial charge in [0.1, 0.15) is 0 Å². The highest BCUT2D eigenvalue weighted by Gasteiger charge is 2.33. The lowest BCUT2D eigenvalue weighted by atomic mass is 9.94. The molecule has 1 heterocycles. The van der Waals surface area contributed by atoms with Gasteiger partial charge in [-0.15, -0.1) is 0 Å². The van der Waals surface area contributed by atoms with Crippen LogP contribution in [-0.2, 0) is 4.79 Å². The molecule has 2 atom stereocenters. The number of imide groups is 1. The molecule has 1 aliphatic heterocycles. The number of carbonyl (C=O) groups is 2. The van der Waals surface area contributed by atoms with Crippen molar-refractivity contribution >= 4 is 11.9 Å². The van der Waals surface area contributed by atoms with Gasteiger partial charge in [0, 0.05) is 6.54 Å². The Bertz CT molecular complexity index is 291. The van der Waals surface area contributed by atoms with Gasteiger partial charge in [-0.2, -0.15) is 0 Å². The van der Waals surface area contributed by atoms with Crippen molar-refractivity contribution < 1.29 is 14.7 Å². The minimum Gasteiger partial charge on any atom is -0.389 e. The molecule has 1 aliphatic rings. The van der Waals surface area contributed by atoms with Crippen molar-refractivity contribution in [1.29, 1.82) is 0 Å². The number of primary amides is 1. The van der Waals surface area contributed by atoms with Crippen LogP contribution in [0.4, 0.5) is 4.79 Å². The normalized spacial score (nSPS) is 28.4. The minimum atomic E-state index is -0.847. The SMILES string of the molecule is CC(C(=O)NC(N)=O)N1CCCC(C)(O)C1. The molecule has 0 aromatic carbocycles. The van der Waals surface area contributed by atoms with E-state index >= 15 is 0 Å². The van der Waals surface area contributed by atoms with Gasteiger partial charge < -0.3 is 10.8 Å². The molecule has 2 unspecified atom stereocenters. The van der Waals surface area contributed by atoms with E-state index in [-0.39, 0.29) is 0 Å². The van der Waals surface area contributed by atoms with Crippen LogP contribution >= 0.6 is 0 Å². The topological polar surface area (TPSA) is 95.7 Å². The van der Waals surface area contributed by atoms with Gasteiger partial charge in [0.15, 0.2) is 0 Å². The largest absolute Gasteiger partial charge is 0.389 e. The zero-order valence-corrected chi connectivity index (χ0v) is 9.69. The first-order valence-electron chi connectivity index (χ1n) is 5.38. The summed E-state index contributed by atoms with van der Waals surface area (Å²) in [5.41, 5.74) is 4.11. The Balaban J connectivity index is 2.56. The Morgan fingerprint density at radius 1 is 1.56 bits per heavy atom. The summed E-state index contributed by atoms with van der Waals surface area (Å²) in [6.07, 6.45) is 1.56. The van der Waals surface area contributed by atoms with Crippen LogP contribution in [0.25, 0.3) is 0 Å². The number of piperidine rings is 1. The van der Waals surface area contributed by atoms with Gasteiger partial charge in [0.25, 0.3) is 0 Å². The molecule has 1 rings (SSSR count). The predicted octanol–water partition coefficient (Wildman–Crippen LogP) is -0.583. The van der Waals surface area contributed by atoms with E-state index in [0.29, 0.717) is 6.54 Å². The van der Waals surface area contributed by atoms with Crippen LogP contribution < -0.4 is 11.1 Å². The number of urea groups is 1. The number of carbonyl (C=O) groups excluding carboxylic acids is 2. The second kappa shape index (κ2) is 4.80. The van der Waals surface area contributed by atoms with Gasteiger partial charge in [-0.25, -0.2) is 4.79 Å². The van der Waals surface area contributed by atoms with Crippen molar-refractivity contribution in [2.75, 3.05) is 13.1 Å². The molecule has 0 aromatic heterocycles. The number of hydrogen-bond acceptors (Lipinski definition) is 4. The summed E-state index contributed by atoms with van der Waals surface area (Å²) in [7, 11) is 0. The van der Waals surface area contributed by atoms with E-state index in [1.807, 2.05) is 10.2 Å². The number of likely N-dealkylation sites (tertiary alicyclic amines) is 1. The number of aliphatic hydroxyl groups is 1.